The molecule has 1 aromatic rings. The molecule has 0 aromatic heterocycles. The number of amides is 1. The molecule has 0 fully saturated rings. The van der Waals surface area contributed by atoms with E-state index in [4.69, 9.17) is 11.6 Å². The van der Waals surface area contributed by atoms with Crippen molar-refractivity contribution in [2.45, 2.75) is 17.2 Å². The highest BCUT2D eigenvalue weighted by Gasteiger charge is 2.18. The van der Waals surface area contributed by atoms with Gasteiger partial charge in [0.25, 0.3) is 0 Å². The highest BCUT2D eigenvalue weighted by Crippen LogP contribution is 2.18. The second-order valence-electron chi connectivity index (χ2n) is 3.92. The van der Waals surface area contributed by atoms with E-state index >= 15 is 0 Å². The van der Waals surface area contributed by atoms with Gasteiger partial charge in [0, 0.05) is 19.8 Å². The van der Waals surface area contributed by atoms with Gasteiger partial charge >= 0.3 is 0 Å². The Bertz CT molecular complexity index is 541. The normalized spacial score (nSPS) is 13.4. The fourth-order valence-electron chi connectivity index (χ4n) is 1.19. The van der Waals surface area contributed by atoms with E-state index < -0.39 is 15.4 Å². The lowest BCUT2D eigenvalue weighted by Crippen LogP contribution is -2.23. The topological polar surface area (TPSA) is 66.5 Å². The highest BCUT2D eigenvalue weighted by molar-refractivity contribution is 7.89. The smallest absolute Gasteiger partial charge is 0.242 e. The lowest BCUT2D eigenvalue weighted by atomic mass is 10.3. The van der Waals surface area contributed by atoms with E-state index in [1.807, 2.05) is 0 Å². The Morgan fingerprint density at radius 3 is 2.50 bits per heavy atom. The first-order chi connectivity index (χ1) is 8.25. The monoisotopic (exact) mass is 290 g/mol. The van der Waals surface area contributed by atoms with Crippen molar-refractivity contribution in [1.82, 2.24) is 4.31 Å². The van der Waals surface area contributed by atoms with Gasteiger partial charge in [-0.2, -0.15) is 0 Å². The average Bonchev–Trinajstić information content (AvgIpc) is 2.28. The molecular weight excluding hydrogens is 276 g/mol. The molecule has 1 amide bonds. The molecular formula is C11H15ClN2O3S. The third-order valence-electron chi connectivity index (χ3n) is 2.24. The lowest BCUT2D eigenvalue weighted by molar-refractivity contribution is -0.115. The zero-order valence-electron chi connectivity index (χ0n) is 10.3. The lowest BCUT2D eigenvalue weighted by Gasteiger charge is -2.13. The minimum Gasteiger partial charge on any atom is -0.325 e. The fraction of sp³-hybridized carbons (Fsp3) is 0.364. The molecule has 0 aliphatic rings. The number of benzene rings is 1. The minimum atomic E-state index is -3.51. The van der Waals surface area contributed by atoms with Gasteiger partial charge < -0.3 is 5.32 Å². The summed E-state index contributed by atoms with van der Waals surface area (Å²) in [6, 6.07) is 6.03. The predicted octanol–water partition coefficient (Wildman–Crippen LogP) is 1.50. The van der Waals surface area contributed by atoms with Gasteiger partial charge in [-0.1, -0.05) is 6.07 Å². The van der Waals surface area contributed by atoms with E-state index in [2.05, 4.69) is 5.32 Å². The van der Waals surface area contributed by atoms with Crippen molar-refractivity contribution in [3.63, 3.8) is 0 Å². The third kappa shape index (κ3) is 3.44. The molecule has 0 aliphatic carbocycles. The van der Waals surface area contributed by atoms with E-state index in [1.54, 1.807) is 12.1 Å². The Balaban J connectivity index is 3.04. The minimum absolute atomic E-state index is 0.118. The molecule has 100 valence electrons. The summed E-state index contributed by atoms with van der Waals surface area (Å²) < 4.78 is 24.9. The molecule has 0 heterocycles. The Morgan fingerprint density at radius 1 is 1.39 bits per heavy atom. The largest absolute Gasteiger partial charge is 0.325 e. The molecule has 1 rings (SSSR count). The summed E-state index contributed by atoms with van der Waals surface area (Å²) in [4.78, 5) is 11.5. The van der Waals surface area contributed by atoms with Gasteiger partial charge in [-0.25, -0.2) is 12.7 Å². The Labute approximate surface area is 112 Å². The van der Waals surface area contributed by atoms with Gasteiger partial charge in [-0.3, -0.25) is 4.79 Å². The van der Waals surface area contributed by atoms with Crippen LogP contribution in [0.5, 0.6) is 0 Å². The van der Waals surface area contributed by atoms with Crippen LogP contribution in [0.1, 0.15) is 6.92 Å². The highest BCUT2D eigenvalue weighted by atomic mass is 35.5. The van der Waals surface area contributed by atoms with Crippen molar-refractivity contribution in [3.8, 4) is 0 Å². The second-order valence-corrected chi connectivity index (χ2v) is 6.73. The molecule has 0 saturated heterocycles. The van der Waals surface area contributed by atoms with Crippen LogP contribution in [-0.4, -0.2) is 38.1 Å². The van der Waals surface area contributed by atoms with Gasteiger partial charge in [-0.15, -0.1) is 11.6 Å². The van der Waals surface area contributed by atoms with E-state index in [0.717, 1.165) is 4.31 Å². The second kappa shape index (κ2) is 5.69. The number of nitrogens with one attached hydrogen (secondary N) is 1. The van der Waals surface area contributed by atoms with E-state index in [0.29, 0.717) is 5.69 Å². The average molecular weight is 291 g/mol. The van der Waals surface area contributed by atoms with Crippen LogP contribution < -0.4 is 5.32 Å². The summed E-state index contributed by atoms with van der Waals surface area (Å²) in [5, 5.41) is 1.86. The number of rotatable bonds is 4. The quantitative estimate of drug-likeness (QED) is 0.855. The van der Waals surface area contributed by atoms with Crippen LogP contribution in [0.15, 0.2) is 29.2 Å². The summed E-state index contributed by atoms with van der Waals surface area (Å²) in [5.41, 5.74) is 0.399. The summed E-state index contributed by atoms with van der Waals surface area (Å²) in [7, 11) is -0.615. The van der Waals surface area contributed by atoms with Crippen molar-refractivity contribution in [2.24, 2.45) is 0 Å². The van der Waals surface area contributed by atoms with Crippen LogP contribution in [0.3, 0.4) is 0 Å². The molecule has 7 heteroatoms. The third-order valence-corrected chi connectivity index (χ3v) is 4.25. The van der Waals surface area contributed by atoms with Gasteiger partial charge in [0.2, 0.25) is 15.9 Å². The van der Waals surface area contributed by atoms with Crippen LogP contribution in [0.2, 0.25) is 0 Å². The summed E-state index contributed by atoms with van der Waals surface area (Å²) in [6.07, 6.45) is 0. The molecule has 1 N–H and O–H groups in total. The summed E-state index contributed by atoms with van der Waals surface area (Å²) in [5.74, 6) is -0.379. The molecule has 5 nitrogen and oxygen atoms in total. The predicted molar refractivity (Wildman–Crippen MR) is 71.3 cm³/mol. The number of halogens is 1. The molecule has 0 spiro atoms. The standard InChI is InChI=1S/C11H15ClN2O3S/c1-8(12)11(15)13-9-5-4-6-10(7-9)18(16,17)14(2)3/h4-8H,1-3H3,(H,13,15)/t8-/m0/s1. The molecule has 1 aromatic carbocycles. The zero-order valence-corrected chi connectivity index (χ0v) is 11.9. The summed E-state index contributed by atoms with van der Waals surface area (Å²) in [6.45, 7) is 1.54. The van der Waals surface area contributed by atoms with E-state index in [9.17, 15) is 13.2 Å². The van der Waals surface area contributed by atoms with E-state index in [1.165, 1.54) is 33.2 Å². The first-order valence-electron chi connectivity index (χ1n) is 5.22. The molecule has 0 unspecified atom stereocenters. The molecule has 0 radical (unpaired) electrons. The van der Waals surface area contributed by atoms with Crippen molar-refractivity contribution in [3.05, 3.63) is 24.3 Å². The SMILES string of the molecule is C[C@H](Cl)C(=O)Nc1cccc(S(=O)(=O)N(C)C)c1. The van der Waals surface area contributed by atoms with E-state index in [-0.39, 0.29) is 10.8 Å². The number of sulfonamides is 1. The first-order valence-corrected chi connectivity index (χ1v) is 7.10. The molecule has 0 aliphatic heterocycles. The van der Waals surface area contributed by atoms with Crippen LogP contribution in [0.4, 0.5) is 5.69 Å². The Kier molecular flexibility index (Phi) is 4.72. The van der Waals surface area contributed by atoms with Crippen LogP contribution in [-0.2, 0) is 14.8 Å². The van der Waals surface area contributed by atoms with Crippen molar-refractivity contribution >= 4 is 33.2 Å². The molecule has 0 bridgehead atoms. The number of carbonyl (C=O) groups is 1. The number of anilines is 1. The molecule has 18 heavy (non-hydrogen) atoms. The Morgan fingerprint density at radius 2 is 2.00 bits per heavy atom. The summed E-state index contributed by atoms with van der Waals surface area (Å²) >= 11 is 5.62. The van der Waals surface area contributed by atoms with Crippen molar-refractivity contribution < 1.29 is 13.2 Å². The number of alkyl halides is 1. The maximum atomic E-state index is 11.9. The fourth-order valence-corrected chi connectivity index (χ4v) is 2.19. The first kappa shape index (κ1) is 14.9. The number of carbonyl (C=O) groups excluding carboxylic acids is 1. The van der Waals surface area contributed by atoms with Crippen molar-refractivity contribution in [1.29, 1.82) is 0 Å². The van der Waals surface area contributed by atoms with Crippen molar-refractivity contribution in [2.75, 3.05) is 19.4 Å². The van der Waals surface area contributed by atoms with Gasteiger partial charge in [0.1, 0.15) is 5.38 Å². The van der Waals surface area contributed by atoms with Gasteiger partial charge in [-0.05, 0) is 25.1 Å². The Hall–Kier alpha value is -1.11. The number of hydrogen-bond donors (Lipinski definition) is 1. The molecule has 0 saturated carbocycles. The number of hydrogen-bond acceptors (Lipinski definition) is 3. The maximum absolute atomic E-state index is 11.9. The van der Waals surface area contributed by atoms with Gasteiger partial charge in [0.15, 0.2) is 0 Å². The zero-order chi connectivity index (χ0) is 13.9. The molecule has 1 atom stereocenters. The van der Waals surface area contributed by atoms with Crippen LogP contribution in [0.25, 0.3) is 0 Å². The number of nitrogens with zero attached hydrogens (tertiary/aromatic N) is 1. The van der Waals surface area contributed by atoms with Crippen LogP contribution in [0, 0.1) is 0 Å². The van der Waals surface area contributed by atoms with Crippen LogP contribution >= 0.6 is 11.6 Å². The maximum Gasteiger partial charge on any atom is 0.242 e. The van der Waals surface area contributed by atoms with Gasteiger partial charge in [0.05, 0.1) is 4.90 Å².